The Morgan fingerprint density at radius 3 is 2.67 bits per heavy atom. The highest BCUT2D eigenvalue weighted by Gasteiger charge is 2.03. The molecule has 0 fully saturated rings. The number of hydrogen-bond donors (Lipinski definition) is 1. The molecule has 0 spiro atoms. The molecule has 15 heavy (non-hydrogen) atoms. The molecule has 0 amide bonds. The minimum atomic E-state index is 0.544. The van der Waals surface area contributed by atoms with Crippen molar-refractivity contribution in [3.05, 3.63) is 29.8 Å². The number of anilines is 1. The lowest BCUT2D eigenvalue weighted by molar-refractivity contribution is 0.326. The van der Waals surface area contributed by atoms with E-state index in [-0.39, 0.29) is 0 Å². The summed E-state index contributed by atoms with van der Waals surface area (Å²) in [6.07, 6.45) is 2.01. The quantitative estimate of drug-likeness (QED) is 0.609. The van der Waals surface area contributed by atoms with Crippen LogP contribution in [0.3, 0.4) is 0 Å². The van der Waals surface area contributed by atoms with Crippen LogP contribution in [0.1, 0.15) is 13.8 Å². The van der Waals surface area contributed by atoms with Crippen LogP contribution in [0.5, 0.6) is 11.5 Å². The number of ether oxygens (including phenoxy) is 2. The van der Waals surface area contributed by atoms with Gasteiger partial charge in [-0.15, -0.1) is 0 Å². The molecule has 82 valence electrons. The molecule has 3 nitrogen and oxygen atoms in total. The summed E-state index contributed by atoms with van der Waals surface area (Å²) in [4.78, 5) is 0. The zero-order chi connectivity index (χ0) is 11.3. The van der Waals surface area contributed by atoms with Crippen molar-refractivity contribution in [1.29, 1.82) is 0 Å². The van der Waals surface area contributed by atoms with Crippen LogP contribution >= 0.6 is 0 Å². The van der Waals surface area contributed by atoms with Gasteiger partial charge in [-0.3, -0.25) is 0 Å². The highest BCUT2D eigenvalue weighted by molar-refractivity contribution is 5.51. The molecule has 2 N–H and O–H groups in total. The van der Waals surface area contributed by atoms with E-state index in [0.29, 0.717) is 23.8 Å². The molecule has 0 bridgehead atoms. The summed E-state index contributed by atoms with van der Waals surface area (Å²) in [5.41, 5.74) is 7.53. The molecule has 0 aromatic heterocycles. The summed E-state index contributed by atoms with van der Waals surface area (Å²) in [6.45, 7) is 4.61. The molecule has 0 aliphatic rings. The second kappa shape index (κ2) is 5.29. The van der Waals surface area contributed by atoms with E-state index in [9.17, 15) is 0 Å². The Balaban J connectivity index is 2.72. The molecule has 0 saturated heterocycles. The summed E-state index contributed by atoms with van der Waals surface area (Å²) >= 11 is 0. The van der Waals surface area contributed by atoms with Crippen LogP contribution in [0.2, 0.25) is 0 Å². The van der Waals surface area contributed by atoms with Gasteiger partial charge in [0.2, 0.25) is 0 Å². The molecule has 3 heteroatoms. The number of rotatable bonds is 4. The molecular formula is C12H17NO2. The third-order valence-electron chi connectivity index (χ3n) is 1.92. The fourth-order valence-corrected chi connectivity index (χ4v) is 1.10. The second-order valence-electron chi connectivity index (χ2n) is 3.50. The third-order valence-corrected chi connectivity index (χ3v) is 1.92. The minimum Gasteiger partial charge on any atom is -0.493 e. The highest BCUT2D eigenvalue weighted by Crippen LogP contribution is 2.28. The van der Waals surface area contributed by atoms with Crippen LogP contribution in [0, 0.1) is 0 Å². The van der Waals surface area contributed by atoms with Gasteiger partial charge in [0.15, 0.2) is 11.5 Å². The first kappa shape index (κ1) is 11.4. The Labute approximate surface area is 90.5 Å². The van der Waals surface area contributed by atoms with Crippen molar-refractivity contribution in [2.45, 2.75) is 13.8 Å². The van der Waals surface area contributed by atoms with Crippen molar-refractivity contribution >= 4 is 5.69 Å². The van der Waals surface area contributed by atoms with Crippen LogP contribution in [0.25, 0.3) is 0 Å². The average molecular weight is 207 g/mol. The van der Waals surface area contributed by atoms with Crippen molar-refractivity contribution < 1.29 is 9.47 Å². The van der Waals surface area contributed by atoms with Crippen molar-refractivity contribution in [2.24, 2.45) is 0 Å². The Morgan fingerprint density at radius 2 is 2.07 bits per heavy atom. The fourth-order valence-electron chi connectivity index (χ4n) is 1.10. The fraction of sp³-hybridized carbons (Fsp3) is 0.333. The monoisotopic (exact) mass is 207 g/mol. The van der Waals surface area contributed by atoms with E-state index < -0.39 is 0 Å². The summed E-state index contributed by atoms with van der Waals surface area (Å²) in [6, 6.07) is 5.35. The lowest BCUT2D eigenvalue weighted by Gasteiger charge is -2.09. The zero-order valence-corrected chi connectivity index (χ0v) is 9.41. The van der Waals surface area contributed by atoms with E-state index in [2.05, 4.69) is 0 Å². The number of hydrogen-bond acceptors (Lipinski definition) is 3. The van der Waals surface area contributed by atoms with Crippen LogP contribution in [-0.2, 0) is 0 Å². The number of nitrogen functional groups attached to an aromatic ring is 1. The summed E-state index contributed by atoms with van der Waals surface area (Å²) < 4.78 is 10.7. The molecule has 1 aromatic rings. The topological polar surface area (TPSA) is 44.5 Å². The molecule has 0 atom stereocenters. The number of allylic oxidation sites excluding steroid dienone is 1. The van der Waals surface area contributed by atoms with Gasteiger partial charge in [0.25, 0.3) is 0 Å². The zero-order valence-electron chi connectivity index (χ0n) is 9.41. The van der Waals surface area contributed by atoms with Crippen molar-refractivity contribution in [3.63, 3.8) is 0 Å². The summed E-state index contributed by atoms with van der Waals surface area (Å²) in [5, 5.41) is 0. The maximum atomic E-state index is 5.63. The van der Waals surface area contributed by atoms with Crippen LogP contribution in [-0.4, -0.2) is 13.7 Å². The molecule has 0 unspecified atom stereocenters. The molecule has 0 radical (unpaired) electrons. The maximum absolute atomic E-state index is 5.63. The first-order valence-electron chi connectivity index (χ1n) is 4.83. The SMILES string of the molecule is COc1cc(N)ccc1OCC=C(C)C. The smallest absolute Gasteiger partial charge is 0.162 e. The lowest BCUT2D eigenvalue weighted by Crippen LogP contribution is -1.98. The van der Waals surface area contributed by atoms with Gasteiger partial charge in [-0.25, -0.2) is 0 Å². The van der Waals surface area contributed by atoms with Gasteiger partial charge in [-0.1, -0.05) is 5.57 Å². The molecular weight excluding hydrogens is 190 g/mol. The van der Waals surface area contributed by atoms with Crippen LogP contribution in [0.15, 0.2) is 29.8 Å². The minimum absolute atomic E-state index is 0.544. The van der Waals surface area contributed by atoms with E-state index in [1.54, 1.807) is 19.2 Å². The lowest BCUT2D eigenvalue weighted by atomic mass is 10.3. The average Bonchev–Trinajstić information content (AvgIpc) is 2.19. The van der Waals surface area contributed by atoms with Crippen molar-refractivity contribution in [3.8, 4) is 11.5 Å². The van der Waals surface area contributed by atoms with E-state index in [1.807, 2.05) is 26.0 Å². The first-order valence-corrected chi connectivity index (χ1v) is 4.83. The Bertz CT molecular complexity index is 355. The van der Waals surface area contributed by atoms with Gasteiger partial charge in [0, 0.05) is 11.8 Å². The Morgan fingerprint density at radius 1 is 1.33 bits per heavy atom. The highest BCUT2D eigenvalue weighted by atomic mass is 16.5. The number of benzene rings is 1. The van der Waals surface area contributed by atoms with E-state index >= 15 is 0 Å². The predicted octanol–water partition coefficient (Wildman–Crippen LogP) is 2.62. The second-order valence-corrected chi connectivity index (χ2v) is 3.50. The number of nitrogens with two attached hydrogens (primary N) is 1. The van der Waals surface area contributed by atoms with Gasteiger partial charge in [0.05, 0.1) is 7.11 Å². The van der Waals surface area contributed by atoms with E-state index in [1.165, 1.54) is 5.57 Å². The van der Waals surface area contributed by atoms with Crippen molar-refractivity contribution in [1.82, 2.24) is 0 Å². The normalized spacial score (nSPS) is 9.53. The van der Waals surface area contributed by atoms with Gasteiger partial charge < -0.3 is 15.2 Å². The van der Waals surface area contributed by atoms with Crippen molar-refractivity contribution in [2.75, 3.05) is 19.5 Å². The van der Waals surface area contributed by atoms with Crippen LogP contribution in [0.4, 0.5) is 5.69 Å². The van der Waals surface area contributed by atoms with Gasteiger partial charge in [0.1, 0.15) is 6.61 Å². The first-order chi connectivity index (χ1) is 7.13. The molecule has 0 aliphatic heterocycles. The standard InChI is InChI=1S/C12H17NO2/c1-9(2)6-7-15-11-5-4-10(13)8-12(11)14-3/h4-6,8H,7,13H2,1-3H3. The van der Waals surface area contributed by atoms with Gasteiger partial charge in [-0.05, 0) is 32.1 Å². The molecule has 0 saturated carbocycles. The molecule has 1 rings (SSSR count). The van der Waals surface area contributed by atoms with Gasteiger partial charge >= 0.3 is 0 Å². The molecule has 0 aliphatic carbocycles. The van der Waals surface area contributed by atoms with Gasteiger partial charge in [-0.2, -0.15) is 0 Å². The third kappa shape index (κ3) is 3.54. The predicted molar refractivity (Wildman–Crippen MR) is 62.3 cm³/mol. The molecule has 1 aromatic carbocycles. The van der Waals surface area contributed by atoms with E-state index in [4.69, 9.17) is 15.2 Å². The molecule has 0 heterocycles. The number of methoxy groups -OCH3 is 1. The van der Waals surface area contributed by atoms with Crippen LogP contribution < -0.4 is 15.2 Å². The Kier molecular flexibility index (Phi) is 4.03. The maximum Gasteiger partial charge on any atom is 0.162 e. The van der Waals surface area contributed by atoms with E-state index in [0.717, 1.165) is 0 Å². The summed E-state index contributed by atoms with van der Waals surface area (Å²) in [7, 11) is 1.60. The summed E-state index contributed by atoms with van der Waals surface area (Å²) in [5.74, 6) is 1.38. The largest absolute Gasteiger partial charge is 0.493 e. The Hall–Kier alpha value is -1.64.